The second-order valence-electron chi connectivity index (χ2n) is 6.57. The lowest BCUT2D eigenvalue weighted by atomic mass is 9.95. The molecule has 0 amide bonds. The smallest absolute Gasteiger partial charge is 0.188 e. The number of piperidine rings is 1. The van der Waals surface area contributed by atoms with Gasteiger partial charge < -0.3 is 10.3 Å². The second kappa shape index (κ2) is 7.33. The molecule has 1 atom stereocenters. The predicted molar refractivity (Wildman–Crippen MR) is 100 cm³/mol. The van der Waals surface area contributed by atoms with Crippen LogP contribution in [0.1, 0.15) is 35.7 Å². The van der Waals surface area contributed by atoms with Crippen molar-refractivity contribution in [1.29, 1.82) is 0 Å². The first kappa shape index (κ1) is 16.2. The van der Waals surface area contributed by atoms with Gasteiger partial charge in [-0.05, 0) is 37.9 Å². The molecule has 1 aliphatic rings. The van der Waals surface area contributed by atoms with Crippen molar-refractivity contribution in [1.82, 2.24) is 24.8 Å². The number of anilines is 2. The summed E-state index contributed by atoms with van der Waals surface area (Å²) in [5.41, 5.74) is 3.52. The van der Waals surface area contributed by atoms with Gasteiger partial charge >= 0.3 is 0 Å². The number of hydrogen-bond donors (Lipinski definition) is 2. The number of nitrogens with one attached hydrogen (secondary N) is 2. The van der Waals surface area contributed by atoms with E-state index in [-0.39, 0.29) is 0 Å². The van der Waals surface area contributed by atoms with Crippen LogP contribution in [0, 0.1) is 6.92 Å². The summed E-state index contributed by atoms with van der Waals surface area (Å²) in [6, 6.07) is 4.04. The minimum Gasteiger partial charge on any atom is -0.347 e. The fraction of sp³-hybridized carbons (Fsp3) is 0.389. The van der Waals surface area contributed by atoms with Crippen LogP contribution >= 0.6 is 11.3 Å². The molecule has 1 unspecified atom stereocenters. The third-order valence-electron chi connectivity index (χ3n) is 4.54. The lowest BCUT2D eigenvalue weighted by Crippen LogP contribution is -2.34. The van der Waals surface area contributed by atoms with Crippen molar-refractivity contribution in [3.63, 3.8) is 0 Å². The molecule has 4 rings (SSSR count). The van der Waals surface area contributed by atoms with Gasteiger partial charge in [0.05, 0.1) is 12.0 Å². The first-order valence-corrected chi connectivity index (χ1v) is 9.49. The molecule has 0 saturated carbocycles. The Balaban J connectivity index is 1.39. The molecule has 4 heterocycles. The fourth-order valence-corrected chi connectivity index (χ4v) is 4.03. The monoisotopic (exact) mass is 354 g/mol. The average Bonchev–Trinajstić information content (AvgIpc) is 3.29. The van der Waals surface area contributed by atoms with Gasteiger partial charge in [0.2, 0.25) is 0 Å². The lowest BCUT2D eigenvalue weighted by Gasteiger charge is -2.31. The fourth-order valence-electron chi connectivity index (χ4n) is 3.23. The van der Waals surface area contributed by atoms with E-state index < -0.39 is 0 Å². The number of H-pyrrole nitrogens is 1. The third-order valence-corrected chi connectivity index (χ3v) is 5.32. The molecule has 6 nitrogen and oxygen atoms in total. The summed E-state index contributed by atoms with van der Waals surface area (Å²) in [6.45, 7) is 5.15. The summed E-state index contributed by atoms with van der Waals surface area (Å²) in [5.74, 6) is 1.34. The van der Waals surface area contributed by atoms with Gasteiger partial charge in [-0.25, -0.2) is 15.0 Å². The van der Waals surface area contributed by atoms with E-state index in [0.717, 1.165) is 36.1 Å². The van der Waals surface area contributed by atoms with E-state index in [0.29, 0.717) is 5.92 Å². The van der Waals surface area contributed by atoms with E-state index in [2.05, 4.69) is 36.6 Å². The minimum absolute atomic E-state index is 0.495. The van der Waals surface area contributed by atoms with Gasteiger partial charge in [-0.15, -0.1) is 11.3 Å². The largest absolute Gasteiger partial charge is 0.347 e. The molecule has 1 aliphatic heterocycles. The molecule has 7 heteroatoms. The van der Waals surface area contributed by atoms with Crippen molar-refractivity contribution >= 4 is 22.3 Å². The predicted octanol–water partition coefficient (Wildman–Crippen LogP) is 3.69. The zero-order chi connectivity index (χ0) is 17.1. The maximum atomic E-state index is 4.80. The van der Waals surface area contributed by atoms with Crippen molar-refractivity contribution in [3.8, 4) is 0 Å². The molecule has 0 radical (unpaired) electrons. The summed E-state index contributed by atoms with van der Waals surface area (Å²) in [5, 5.41) is 6.40. The molecule has 0 aromatic carbocycles. The number of aromatic amines is 1. The van der Waals surface area contributed by atoms with Gasteiger partial charge in [0, 0.05) is 42.5 Å². The molecule has 0 bridgehead atoms. The van der Waals surface area contributed by atoms with Gasteiger partial charge in [-0.1, -0.05) is 6.07 Å². The van der Waals surface area contributed by atoms with Crippen LogP contribution in [0.4, 0.5) is 10.9 Å². The number of aromatic nitrogens is 4. The number of hydrogen-bond acceptors (Lipinski definition) is 6. The van der Waals surface area contributed by atoms with Gasteiger partial charge in [-0.2, -0.15) is 0 Å². The molecule has 130 valence electrons. The SMILES string of the molecule is Cc1ccc(Nc2nc(C3CCCN(Cc4cnc[nH]4)C3)cs2)nc1. The number of pyridine rings is 1. The van der Waals surface area contributed by atoms with E-state index in [9.17, 15) is 0 Å². The molecular weight excluding hydrogens is 332 g/mol. The first-order chi connectivity index (χ1) is 12.3. The maximum absolute atomic E-state index is 4.80. The minimum atomic E-state index is 0.495. The van der Waals surface area contributed by atoms with E-state index in [1.165, 1.54) is 24.2 Å². The topological polar surface area (TPSA) is 69.7 Å². The third kappa shape index (κ3) is 4.05. The van der Waals surface area contributed by atoms with Crippen LogP contribution in [0.3, 0.4) is 0 Å². The number of imidazole rings is 1. The molecule has 3 aromatic rings. The lowest BCUT2D eigenvalue weighted by molar-refractivity contribution is 0.197. The van der Waals surface area contributed by atoms with Crippen molar-refractivity contribution in [2.75, 3.05) is 18.4 Å². The molecule has 1 saturated heterocycles. The molecule has 1 fully saturated rings. The molecule has 2 N–H and O–H groups in total. The van der Waals surface area contributed by atoms with Crippen LogP contribution in [0.25, 0.3) is 0 Å². The summed E-state index contributed by atoms with van der Waals surface area (Å²) in [4.78, 5) is 19.0. The molecule has 0 spiro atoms. The van der Waals surface area contributed by atoms with E-state index in [1.54, 1.807) is 17.7 Å². The van der Waals surface area contributed by atoms with E-state index >= 15 is 0 Å². The zero-order valence-corrected chi connectivity index (χ0v) is 15.1. The Labute approximate surface area is 151 Å². The maximum Gasteiger partial charge on any atom is 0.188 e. The van der Waals surface area contributed by atoms with Crippen molar-refractivity contribution in [3.05, 3.63) is 53.2 Å². The summed E-state index contributed by atoms with van der Waals surface area (Å²) in [7, 11) is 0. The van der Waals surface area contributed by atoms with Gasteiger partial charge in [0.1, 0.15) is 5.82 Å². The van der Waals surface area contributed by atoms with E-state index in [1.807, 2.05) is 25.4 Å². The standard InChI is InChI=1S/C18H22N6S/c1-13-4-5-17(20-7-13)23-18-22-16(11-25-18)14-3-2-6-24(9-14)10-15-8-19-12-21-15/h4-5,7-8,11-12,14H,2-3,6,9-10H2,1H3,(H,19,21)(H,20,22,23). The highest BCUT2D eigenvalue weighted by atomic mass is 32.1. The normalized spacial score (nSPS) is 18.4. The summed E-state index contributed by atoms with van der Waals surface area (Å²) < 4.78 is 0. The number of thiazole rings is 1. The highest BCUT2D eigenvalue weighted by Gasteiger charge is 2.23. The van der Waals surface area contributed by atoms with Crippen LogP contribution in [0.5, 0.6) is 0 Å². The van der Waals surface area contributed by atoms with Crippen LogP contribution in [-0.4, -0.2) is 37.9 Å². The molecule has 25 heavy (non-hydrogen) atoms. The number of aryl methyl sites for hydroxylation is 1. The average molecular weight is 354 g/mol. The Morgan fingerprint density at radius 1 is 1.36 bits per heavy atom. The number of rotatable bonds is 5. The Morgan fingerprint density at radius 3 is 3.12 bits per heavy atom. The van der Waals surface area contributed by atoms with Crippen molar-refractivity contribution < 1.29 is 0 Å². The Hall–Kier alpha value is -2.25. The second-order valence-corrected chi connectivity index (χ2v) is 7.43. The first-order valence-electron chi connectivity index (χ1n) is 8.61. The molecule has 3 aromatic heterocycles. The van der Waals surface area contributed by atoms with Crippen LogP contribution in [0.2, 0.25) is 0 Å². The van der Waals surface area contributed by atoms with Crippen LogP contribution < -0.4 is 5.32 Å². The zero-order valence-electron chi connectivity index (χ0n) is 14.3. The van der Waals surface area contributed by atoms with Gasteiger partial charge in [0.25, 0.3) is 0 Å². The molecular formula is C18H22N6S. The summed E-state index contributed by atoms with van der Waals surface area (Å²) >= 11 is 1.65. The highest BCUT2D eigenvalue weighted by molar-refractivity contribution is 7.13. The Bertz CT molecular complexity index is 795. The number of nitrogens with zero attached hydrogens (tertiary/aromatic N) is 4. The Morgan fingerprint density at radius 2 is 2.32 bits per heavy atom. The van der Waals surface area contributed by atoms with Gasteiger partial charge in [-0.3, -0.25) is 4.90 Å². The van der Waals surface area contributed by atoms with Crippen LogP contribution in [0.15, 0.2) is 36.2 Å². The quantitative estimate of drug-likeness (QED) is 0.731. The number of likely N-dealkylation sites (tertiary alicyclic amines) is 1. The Kier molecular flexibility index (Phi) is 4.76. The van der Waals surface area contributed by atoms with Crippen LogP contribution in [-0.2, 0) is 6.54 Å². The van der Waals surface area contributed by atoms with Gasteiger partial charge in [0.15, 0.2) is 5.13 Å². The summed E-state index contributed by atoms with van der Waals surface area (Å²) in [6.07, 6.45) is 7.92. The molecule has 0 aliphatic carbocycles. The highest BCUT2D eigenvalue weighted by Crippen LogP contribution is 2.30. The van der Waals surface area contributed by atoms with Crippen molar-refractivity contribution in [2.45, 2.75) is 32.2 Å². The van der Waals surface area contributed by atoms with E-state index in [4.69, 9.17) is 4.98 Å². The van der Waals surface area contributed by atoms with Crippen molar-refractivity contribution in [2.24, 2.45) is 0 Å².